The van der Waals surface area contributed by atoms with Crippen LogP contribution in [-0.2, 0) is 23.3 Å². The number of sulfone groups is 1. The van der Waals surface area contributed by atoms with Gasteiger partial charge in [0.25, 0.3) is 0 Å². The third-order valence-corrected chi connectivity index (χ3v) is 7.02. The Morgan fingerprint density at radius 1 is 1.12 bits per heavy atom. The highest BCUT2D eigenvalue weighted by atomic mass is 32.2. The predicted molar refractivity (Wildman–Crippen MR) is 99.8 cm³/mol. The Kier molecular flexibility index (Phi) is 4.12. The molecule has 4 nitrogen and oxygen atoms in total. The minimum Gasteiger partial charge on any atom is -0.347 e. The Balaban J connectivity index is 1.92. The van der Waals surface area contributed by atoms with Crippen LogP contribution < -0.4 is 5.32 Å². The number of aromatic nitrogens is 1. The maximum atomic E-state index is 13.2. The molecule has 0 aliphatic carbocycles. The molecule has 1 aromatic heterocycles. The van der Waals surface area contributed by atoms with Crippen molar-refractivity contribution in [3.05, 3.63) is 59.5 Å². The van der Waals surface area contributed by atoms with Crippen molar-refractivity contribution in [1.29, 1.82) is 0 Å². The summed E-state index contributed by atoms with van der Waals surface area (Å²) in [6.45, 7) is 3.96. The average Bonchev–Trinajstić information content (AvgIpc) is 2.76. The van der Waals surface area contributed by atoms with Gasteiger partial charge in [0.2, 0.25) is 9.84 Å². The number of rotatable bonds is 2. The summed E-state index contributed by atoms with van der Waals surface area (Å²) in [6.07, 6.45) is 0.922. The van der Waals surface area contributed by atoms with Gasteiger partial charge in [-0.2, -0.15) is 0 Å². The molecule has 136 valence electrons. The summed E-state index contributed by atoms with van der Waals surface area (Å²) in [5.41, 5.74) is 3.53. The first-order chi connectivity index (χ1) is 12.4. The molecule has 2 heterocycles. The van der Waals surface area contributed by atoms with Gasteiger partial charge in [-0.1, -0.05) is 6.92 Å². The third-order valence-electron chi connectivity index (χ3n) is 5.25. The summed E-state index contributed by atoms with van der Waals surface area (Å²) in [5, 5.41) is 4.42. The minimum absolute atomic E-state index is 0.106. The van der Waals surface area contributed by atoms with E-state index < -0.39 is 15.7 Å². The van der Waals surface area contributed by atoms with Gasteiger partial charge in [0.05, 0.1) is 9.79 Å². The van der Waals surface area contributed by atoms with Crippen molar-refractivity contribution in [2.24, 2.45) is 7.05 Å². The molecule has 3 aromatic rings. The van der Waals surface area contributed by atoms with E-state index in [-0.39, 0.29) is 9.79 Å². The van der Waals surface area contributed by atoms with Gasteiger partial charge >= 0.3 is 0 Å². The van der Waals surface area contributed by atoms with E-state index in [2.05, 4.69) is 16.8 Å². The van der Waals surface area contributed by atoms with Crippen LogP contribution in [0.25, 0.3) is 10.9 Å². The fraction of sp³-hybridized carbons (Fsp3) is 0.300. The van der Waals surface area contributed by atoms with Crippen LogP contribution in [0.15, 0.2) is 52.3 Å². The third kappa shape index (κ3) is 2.64. The molecule has 1 aliphatic rings. The van der Waals surface area contributed by atoms with Crippen LogP contribution in [0.1, 0.15) is 24.1 Å². The van der Waals surface area contributed by atoms with E-state index in [4.69, 9.17) is 0 Å². The van der Waals surface area contributed by atoms with Crippen LogP contribution in [-0.4, -0.2) is 26.1 Å². The Morgan fingerprint density at radius 3 is 2.54 bits per heavy atom. The van der Waals surface area contributed by atoms with Crippen molar-refractivity contribution in [3.63, 3.8) is 0 Å². The van der Waals surface area contributed by atoms with E-state index in [1.54, 1.807) is 12.1 Å². The largest absolute Gasteiger partial charge is 0.347 e. The van der Waals surface area contributed by atoms with Crippen LogP contribution in [0.2, 0.25) is 0 Å². The maximum absolute atomic E-state index is 13.2. The summed E-state index contributed by atoms with van der Waals surface area (Å²) in [7, 11) is -1.65. The molecular weight excluding hydrogens is 351 g/mol. The number of nitrogens with one attached hydrogen (secondary N) is 1. The number of nitrogens with zero attached hydrogens (tertiary/aromatic N) is 1. The van der Waals surface area contributed by atoms with E-state index in [0.29, 0.717) is 5.92 Å². The lowest BCUT2D eigenvalue weighted by atomic mass is 9.98. The molecule has 1 unspecified atom stereocenters. The smallest absolute Gasteiger partial charge is 0.206 e. The predicted octanol–water partition coefficient (Wildman–Crippen LogP) is 3.40. The Bertz CT molecular complexity index is 1090. The summed E-state index contributed by atoms with van der Waals surface area (Å²) >= 11 is 0. The number of halogens is 1. The standard InChI is InChI=1S/C20H21FN2O2S/c1-13-12-22-10-9-19-20(13)17-11-16(7-8-18(17)23(19)2)26(24,25)15-5-3-14(21)4-6-15/h3-8,11,13,22H,9-10,12H2,1-2H3. The van der Waals surface area contributed by atoms with E-state index in [1.165, 1.54) is 35.5 Å². The minimum atomic E-state index is -3.68. The summed E-state index contributed by atoms with van der Waals surface area (Å²) in [5.74, 6) is -0.144. The van der Waals surface area contributed by atoms with Crippen molar-refractivity contribution in [2.45, 2.75) is 29.1 Å². The molecule has 4 rings (SSSR count). The number of hydrogen-bond acceptors (Lipinski definition) is 3. The summed E-state index contributed by atoms with van der Waals surface area (Å²) in [6, 6.07) is 10.3. The monoisotopic (exact) mass is 372 g/mol. The van der Waals surface area contributed by atoms with Gasteiger partial charge in [0, 0.05) is 43.2 Å². The quantitative estimate of drug-likeness (QED) is 0.702. The van der Waals surface area contributed by atoms with Crippen LogP contribution in [0, 0.1) is 5.82 Å². The first-order valence-electron chi connectivity index (χ1n) is 8.72. The van der Waals surface area contributed by atoms with Crippen molar-refractivity contribution in [2.75, 3.05) is 13.1 Å². The van der Waals surface area contributed by atoms with E-state index in [1.807, 2.05) is 13.1 Å². The van der Waals surface area contributed by atoms with Crippen molar-refractivity contribution in [3.8, 4) is 0 Å². The first kappa shape index (κ1) is 17.2. The average molecular weight is 372 g/mol. The highest BCUT2D eigenvalue weighted by Gasteiger charge is 2.25. The molecule has 0 saturated heterocycles. The summed E-state index contributed by atoms with van der Waals surface area (Å²) < 4.78 is 41.3. The maximum Gasteiger partial charge on any atom is 0.206 e. The normalized spacial score (nSPS) is 17.9. The molecular formula is C20H21FN2O2S. The lowest BCUT2D eigenvalue weighted by Gasteiger charge is -2.10. The fourth-order valence-corrected chi connectivity index (χ4v) is 5.19. The number of aryl methyl sites for hydroxylation is 1. The van der Waals surface area contributed by atoms with Crippen LogP contribution in [0.5, 0.6) is 0 Å². The topological polar surface area (TPSA) is 51.1 Å². The molecule has 0 amide bonds. The molecule has 0 saturated carbocycles. The lowest BCUT2D eigenvalue weighted by molar-refractivity contribution is 0.595. The van der Waals surface area contributed by atoms with Crippen LogP contribution in [0.4, 0.5) is 4.39 Å². The molecule has 1 atom stereocenters. The van der Waals surface area contributed by atoms with Crippen LogP contribution in [0.3, 0.4) is 0 Å². The Hall–Kier alpha value is -2.18. The second-order valence-corrected chi connectivity index (χ2v) is 8.86. The highest BCUT2D eigenvalue weighted by Crippen LogP contribution is 2.35. The van der Waals surface area contributed by atoms with E-state index >= 15 is 0 Å². The molecule has 6 heteroatoms. The number of hydrogen-bond donors (Lipinski definition) is 1. The van der Waals surface area contributed by atoms with Crippen molar-refractivity contribution < 1.29 is 12.8 Å². The molecule has 0 spiro atoms. The highest BCUT2D eigenvalue weighted by molar-refractivity contribution is 7.91. The van der Waals surface area contributed by atoms with Gasteiger partial charge in [-0.25, -0.2) is 12.8 Å². The van der Waals surface area contributed by atoms with Gasteiger partial charge in [0.1, 0.15) is 5.82 Å². The Morgan fingerprint density at radius 2 is 1.81 bits per heavy atom. The number of benzene rings is 2. The molecule has 0 fully saturated rings. The van der Waals surface area contributed by atoms with Gasteiger partial charge in [-0.15, -0.1) is 0 Å². The van der Waals surface area contributed by atoms with Crippen molar-refractivity contribution in [1.82, 2.24) is 9.88 Å². The fourth-order valence-electron chi connectivity index (χ4n) is 3.90. The van der Waals surface area contributed by atoms with Gasteiger partial charge < -0.3 is 9.88 Å². The van der Waals surface area contributed by atoms with Gasteiger partial charge in [-0.05, 0) is 53.9 Å². The van der Waals surface area contributed by atoms with Crippen LogP contribution >= 0.6 is 0 Å². The number of fused-ring (bicyclic) bond motifs is 3. The molecule has 0 bridgehead atoms. The van der Waals surface area contributed by atoms with Gasteiger partial charge in [-0.3, -0.25) is 0 Å². The zero-order chi connectivity index (χ0) is 18.5. The van der Waals surface area contributed by atoms with Crippen molar-refractivity contribution >= 4 is 20.7 Å². The second-order valence-electron chi connectivity index (χ2n) is 6.91. The molecule has 2 aromatic carbocycles. The van der Waals surface area contributed by atoms with E-state index in [0.717, 1.165) is 30.4 Å². The lowest BCUT2D eigenvalue weighted by Crippen LogP contribution is -2.19. The first-order valence-corrected chi connectivity index (χ1v) is 10.2. The second kappa shape index (κ2) is 6.21. The van der Waals surface area contributed by atoms with E-state index in [9.17, 15) is 12.8 Å². The SMILES string of the molecule is CC1CNCCc2c1c1cc(S(=O)(=O)c3ccc(F)cc3)ccc1n2C. The molecule has 26 heavy (non-hydrogen) atoms. The Labute approximate surface area is 152 Å². The zero-order valence-electron chi connectivity index (χ0n) is 14.8. The molecule has 0 radical (unpaired) electrons. The molecule has 1 N–H and O–H groups in total. The summed E-state index contributed by atoms with van der Waals surface area (Å²) in [4.78, 5) is 0.351. The molecule has 1 aliphatic heterocycles. The van der Waals surface area contributed by atoms with Gasteiger partial charge in [0.15, 0.2) is 0 Å². The zero-order valence-corrected chi connectivity index (χ0v) is 15.6.